The average Bonchev–Trinajstić information content (AvgIpc) is 3.41. The number of amides is 1. The molecule has 0 radical (unpaired) electrons. The molecule has 3 heterocycles. The number of benzene rings is 1. The number of carbonyl (C=O) groups is 1. The summed E-state index contributed by atoms with van der Waals surface area (Å²) in [6.07, 6.45) is 3.23. The zero-order chi connectivity index (χ0) is 19.3. The highest BCUT2D eigenvalue weighted by atomic mass is 32.1. The summed E-state index contributed by atoms with van der Waals surface area (Å²) in [6.45, 7) is 2.46. The number of rotatable bonds is 6. The first-order chi connectivity index (χ1) is 13.7. The lowest BCUT2D eigenvalue weighted by Crippen LogP contribution is -2.40. The van der Waals surface area contributed by atoms with E-state index in [1.807, 2.05) is 42.5 Å². The van der Waals surface area contributed by atoms with E-state index in [0.717, 1.165) is 60.9 Å². The maximum absolute atomic E-state index is 12.2. The Labute approximate surface area is 169 Å². The van der Waals surface area contributed by atoms with Crippen LogP contribution in [0.5, 0.6) is 5.75 Å². The second kappa shape index (κ2) is 9.05. The smallest absolute Gasteiger partial charge is 0.242 e. The third-order valence-corrected chi connectivity index (χ3v) is 6.41. The molecule has 2 atom stereocenters. The van der Waals surface area contributed by atoms with E-state index >= 15 is 0 Å². The number of ether oxygens (including phenoxy) is 1. The van der Waals surface area contributed by atoms with Crippen molar-refractivity contribution >= 4 is 22.2 Å². The summed E-state index contributed by atoms with van der Waals surface area (Å²) in [5.41, 5.74) is 0. The highest BCUT2D eigenvalue weighted by molar-refractivity contribution is 7.16. The van der Waals surface area contributed by atoms with E-state index in [0.29, 0.717) is 0 Å². The van der Waals surface area contributed by atoms with Crippen LogP contribution >= 0.6 is 11.3 Å². The van der Waals surface area contributed by atoms with Gasteiger partial charge in [0.05, 0.1) is 15.9 Å². The number of para-hydroxylation sites is 1. The highest BCUT2D eigenvalue weighted by Crippen LogP contribution is 2.31. The zero-order valence-corrected chi connectivity index (χ0v) is 16.7. The number of nitrogens with zero attached hydrogens (tertiary/aromatic N) is 1. The number of carbonyl (C=O) groups excluding carboxylic acids is 1. The summed E-state index contributed by atoms with van der Waals surface area (Å²) in [7, 11) is 0. The summed E-state index contributed by atoms with van der Waals surface area (Å²) in [5.74, 6) is 0.913. The second-order valence-corrected chi connectivity index (χ2v) is 8.50. The van der Waals surface area contributed by atoms with Crippen LogP contribution in [-0.4, -0.2) is 47.7 Å². The van der Waals surface area contributed by atoms with Crippen LogP contribution in [0.3, 0.4) is 0 Å². The molecule has 0 aliphatic carbocycles. The number of anilines is 1. The lowest BCUT2D eigenvalue weighted by atomic mass is 10.1. The number of hydrogen-bond acceptors (Lipinski definition) is 6. The van der Waals surface area contributed by atoms with Gasteiger partial charge in [0.1, 0.15) is 18.1 Å². The van der Waals surface area contributed by atoms with Crippen LogP contribution in [0.4, 0.5) is 5.00 Å². The molecule has 1 amide bonds. The molecular formula is C21H27N3O3S. The minimum absolute atomic E-state index is 0.0132. The number of nitrogens with one attached hydrogen (secondary N) is 2. The van der Waals surface area contributed by atoms with Crippen molar-refractivity contribution in [2.45, 2.75) is 44.1 Å². The van der Waals surface area contributed by atoms with E-state index in [9.17, 15) is 9.90 Å². The molecule has 1 aromatic heterocycles. The molecule has 2 saturated heterocycles. The van der Waals surface area contributed by atoms with Gasteiger partial charge in [0.25, 0.3) is 0 Å². The highest BCUT2D eigenvalue weighted by Gasteiger charge is 2.27. The molecule has 0 bridgehead atoms. The quantitative estimate of drug-likeness (QED) is 0.694. The van der Waals surface area contributed by atoms with E-state index < -0.39 is 6.23 Å². The first kappa shape index (κ1) is 19.4. The van der Waals surface area contributed by atoms with Crippen molar-refractivity contribution in [3.63, 3.8) is 0 Å². The Morgan fingerprint density at radius 3 is 2.68 bits per heavy atom. The number of likely N-dealkylation sites (tertiary alicyclic amines) is 1. The van der Waals surface area contributed by atoms with Crippen LogP contribution in [0.2, 0.25) is 0 Å². The van der Waals surface area contributed by atoms with Crippen molar-refractivity contribution in [2.75, 3.05) is 25.0 Å². The van der Waals surface area contributed by atoms with E-state index in [2.05, 4.69) is 15.5 Å². The molecule has 2 aliphatic heterocycles. The number of thiophene rings is 1. The molecule has 1 unspecified atom stereocenters. The van der Waals surface area contributed by atoms with Gasteiger partial charge in [0.15, 0.2) is 0 Å². The van der Waals surface area contributed by atoms with Gasteiger partial charge < -0.3 is 20.5 Å². The van der Waals surface area contributed by atoms with E-state index in [4.69, 9.17) is 4.74 Å². The van der Waals surface area contributed by atoms with Crippen molar-refractivity contribution in [2.24, 2.45) is 0 Å². The van der Waals surface area contributed by atoms with Crippen LogP contribution in [0.25, 0.3) is 0 Å². The SMILES string of the molecule is O=C(Nc1ccc(C(O)N2CCC(Oc3ccccc3)CC2)s1)[C@@H]1CCCN1. The van der Waals surface area contributed by atoms with Gasteiger partial charge in [-0.25, -0.2) is 0 Å². The number of piperidine rings is 1. The average molecular weight is 402 g/mol. The fourth-order valence-corrected chi connectivity index (χ4v) is 4.72. The molecule has 150 valence electrons. The third kappa shape index (κ3) is 4.72. The molecule has 3 N–H and O–H groups in total. The summed E-state index contributed by atoms with van der Waals surface area (Å²) in [6, 6.07) is 13.6. The summed E-state index contributed by atoms with van der Waals surface area (Å²) >= 11 is 1.44. The fourth-order valence-electron chi connectivity index (χ4n) is 3.79. The fraction of sp³-hybridized carbons (Fsp3) is 0.476. The first-order valence-corrected chi connectivity index (χ1v) is 10.8. The van der Waals surface area contributed by atoms with Crippen molar-refractivity contribution in [3.05, 3.63) is 47.3 Å². The molecule has 7 heteroatoms. The second-order valence-electron chi connectivity index (χ2n) is 7.38. The van der Waals surface area contributed by atoms with Crippen molar-refractivity contribution in [1.29, 1.82) is 0 Å². The normalized spacial score (nSPS) is 22.1. The molecule has 0 saturated carbocycles. The molecule has 1 aromatic carbocycles. The summed E-state index contributed by atoms with van der Waals surface area (Å²) in [5, 5.41) is 17.7. The Morgan fingerprint density at radius 1 is 1.18 bits per heavy atom. The summed E-state index contributed by atoms with van der Waals surface area (Å²) < 4.78 is 6.03. The predicted molar refractivity (Wildman–Crippen MR) is 111 cm³/mol. The van der Waals surface area contributed by atoms with Crippen LogP contribution in [0.15, 0.2) is 42.5 Å². The number of aliphatic hydroxyl groups excluding tert-OH is 1. The Kier molecular flexibility index (Phi) is 6.26. The maximum atomic E-state index is 12.2. The molecule has 2 aliphatic rings. The molecule has 4 rings (SSSR count). The van der Waals surface area contributed by atoms with E-state index in [1.165, 1.54) is 11.3 Å². The number of hydrogen-bond donors (Lipinski definition) is 3. The Morgan fingerprint density at radius 2 is 1.96 bits per heavy atom. The Bertz CT molecular complexity index is 768. The van der Waals surface area contributed by atoms with Gasteiger partial charge in [-0.1, -0.05) is 18.2 Å². The van der Waals surface area contributed by atoms with Gasteiger partial charge in [0.2, 0.25) is 5.91 Å². The topological polar surface area (TPSA) is 73.8 Å². The van der Waals surface area contributed by atoms with Crippen molar-refractivity contribution in [1.82, 2.24) is 10.2 Å². The van der Waals surface area contributed by atoms with Gasteiger partial charge in [-0.3, -0.25) is 9.69 Å². The zero-order valence-electron chi connectivity index (χ0n) is 15.8. The standard InChI is InChI=1S/C21H27N3O3S/c25-20(17-7-4-12-22-17)23-19-9-8-18(28-19)21(26)24-13-10-16(11-14-24)27-15-5-2-1-3-6-15/h1-3,5-6,8-9,16-17,21-22,26H,4,7,10-14H2,(H,23,25)/t17-,21?/m0/s1. The molecule has 0 spiro atoms. The van der Waals surface area contributed by atoms with Gasteiger partial charge in [0, 0.05) is 13.1 Å². The minimum atomic E-state index is -0.641. The van der Waals surface area contributed by atoms with Gasteiger partial charge in [-0.2, -0.15) is 0 Å². The Balaban J connectivity index is 1.27. The minimum Gasteiger partial charge on any atom is -0.490 e. The van der Waals surface area contributed by atoms with Crippen LogP contribution in [0.1, 0.15) is 36.8 Å². The van der Waals surface area contributed by atoms with Crippen molar-refractivity contribution in [3.8, 4) is 5.75 Å². The van der Waals surface area contributed by atoms with Gasteiger partial charge >= 0.3 is 0 Å². The van der Waals surface area contributed by atoms with Crippen molar-refractivity contribution < 1.29 is 14.6 Å². The first-order valence-electron chi connectivity index (χ1n) is 9.97. The molecular weight excluding hydrogens is 374 g/mol. The molecule has 2 aromatic rings. The summed E-state index contributed by atoms with van der Waals surface area (Å²) in [4.78, 5) is 15.2. The van der Waals surface area contributed by atoms with E-state index in [-0.39, 0.29) is 18.1 Å². The largest absolute Gasteiger partial charge is 0.490 e. The maximum Gasteiger partial charge on any atom is 0.242 e. The monoisotopic (exact) mass is 401 g/mol. The number of aliphatic hydroxyl groups is 1. The predicted octanol–water partition coefficient (Wildman–Crippen LogP) is 2.97. The third-order valence-electron chi connectivity index (χ3n) is 5.37. The molecule has 2 fully saturated rings. The van der Waals surface area contributed by atoms with Gasteiger partial charge in [-0.05, 0) is 56.5 Å². The van der Waals surface area contributed by atoms with Crippen LogP contribution in [-0.2, 0) is 4.79 Å². The molecule has 6 nitrogen and oxygen atoms in total. The van der Waals surface area contributed by atoms with Crippen LogP contribution < -0.4 is 15.4 Å². The molecule has 28 heavy (non-hydrogen) atoms. The van der Waals surface area contributed by atoms with Gasteiger partial charge in [-0.15, -0.1) is 11.3 Å². The lowest BCUT2D eigenvalue weighted by molar-refractivity contribution is -0.117. The Hall–Kier alpha value is -1.93. The lowest BCUT2D eigenvalue weighted by Gasteiger charge is -2.34. The van der Waals surface area contributed by atoms with Crippen LogP contribution in [0, 0.1) is 0 Å². The van der Waals surface area contributed by atoms with E-state index in [1.54, 1.807) is 0 Å².